The molecule has 1 saturated carbocycles. The average Bonchev–Trinajstić information content (AvgIpc) is 2.86. The van der Waals surface area contributed by atoms with Crippen LogP contribution in [0.1, 0.15) is 36.2 Å². The summed E-state index contributed by atoms with van der Waals surface area (Å²) in [7, 11) is 1.74. The minimum Gasteiger partial charge on any atom is -0.496 e. The Labute approximate surface area is 106 Å². The van der Waals surface area contributed by atoms with E-state index in [1.165, 1.54) is 17.5 Å². The monoisotopic (exact) mass is 282 g/mol. The van der Waals surface area contributed by atoms with Gasteiger partial charge in [-0.15, -0.1) is 0 Å². The van der Waals surface area contributed by atoms with Gasteiger partial charge in [-0.3, -0.25) is 0 Å². The van der Waals surface area contributed by atoms with Crippen molar-refractivity contribution in [2.75, 3.05) is 7.11 Å². The fourth-order valence-corrected chi connectivity index (χ4v) is 3.55. The van der Waals surface area contributed by atoms with Gasteiger partial charge in [0.05, 0.1) is 7.11 Å². The van der Waals surface area contributed by atoms with Crippen LogP contribution in [0.2, 0.25) is 0 Å². The van der Waals surface area contributed by atoms with E-state index in [0.29, 0.717) is 10.2 Å². The quantitative estimate of drug-likeness (QED) is 0.743. The third kappa shape index (κ3) is 2.13. The Balaban J connectivity index is 2.29. The van der Waals surface area contributed by atoms with Gasteiger partial charge in [0.1, 0.15) is 5.75 Å². The second-order valence-corrected chi connectivity index (χ2v) is 6.43. The molecule has 0 spiro atoms. The highest BCUT2D eigenvalue weighted by Crippen LogP contribution is 2.61. The van der Waals surface area contributed by atoms with Crippen LogP contribution in [-0.4, -0.2) is 7.11 Å². The first-order valence-corrected chi connectivity index (χ1v) is 6.66. The van der Waals surface area contributed by atoms with Crippen LogP contribution in [0.4, 0.5) is 0 Å². The maximum atomic E-state index is 5.44. The van der Waals surface area contributed by atoms with Gasteiger partial charge in [-0.2, -0.15) is 0 Å². The molecule has 0 radical (unpaired) electrons. The van der Waals surface area contributed by atoms with E-state index in [-0.39, 0.29) is 0 Å². The Morgan fingerprint density at radius 3 is 2.56 bits per heavy atom. The molecular formula is C14H19BrO. The van der Waals surface area contributed by atoms with Gasteiger partial charge in [-0.25, -0.2) is 0 Å². The summed E-state index contributed by atoms with van der Waals surface area (Å²) in [6, 6.07) is 6.39. The molecule has 1 aliphatic rings. The molecule has 0 saturated heterocycles. The summed E-state index contributed by atoms with van der Waals surface area (Å²) in [5, 5.41) is 0. The highest BCUT2D eigenvalue weighted by atomic mass is 79.9. The lowest BCUT2D eigenvalue weighted by atomic mass is 10.0. The van der Waals surface area contributed by atoms with Crippen molar-refractivity contribution in [1.82, 2.24) is 0 Å². The Morgan fingerprint density at radius 2 is 2.06 bits per heavy atom. The standard InChI is InChI=1S/C14H19BrO/c1-9-5-6-12(16-4)10(7-9)13(15)11-8-14(11,2)3/h5-7,11,13H,8H2,1-4H3. The largest absolute Gasteiger partial charge is 0.496 e. The van der Waals surface area contributed by atoms with Crippen LogP contribution in [0.3, 0.4) is 0 Å². The lowest BCUT2D eigenvalue weighted by Crippen LogP contribution is -2.01. The van der Waals surface area contributed by atoms with Crippen LogP contribution in [0.5, 0.6) is 5.75 Å². The second-order valence-electron chi connectivity index (χ2n) is 5.45. The van der Waals surface area contributed by atoms with Crippen molar-refractivity contribution in [3.63, 3.8) is 0 Å². The fourth-order valence-electron chi connectivity index (χ4n) is 2.29. The van der Waals surface area contributed by atoms with Gasteiger partial charge < -0.3 is 4.74 Å². The zero-order valence-electron chi connectivity index (χ0n) is 10.4. The SMILES string of the molecule is COc1ccc(C)cc1C(Br)C1CC1(C)C. The molecule has 2 heteroatoms. The third-order valence-electron chi connectivity index (χ3n) is 3.63. The van der Waals surface area contributed by atoms with Crippen molar-refractivity contribution in [2.45, 2.75) is 32.0 Å². The molecule has 2 unspecified atom stereocenters. The maximum absolute atomic E-state index is 5.44. The molecule has 0 amide bonds. The van der Waals surface area contributed by atoms with Gasteiger partial charge in [0.15, 0.2) is 0 Å². The number of halogens is 1. The molecule has 1 fully saturated rings. The summed E-state index contributed by atoms with van der Waals surface area (Å²) in [5.74, 6) is 1.72. The molecule has 0 aliphatic heterocycles. The van der Waals surface area contributed by atoms with Crippen LogP contribution in [-0.2, 0) is 0 Å². The van der Waals surface area contributed by atoms with E-state index in [1.807, 2.05) is 0 Å². The number of hydrogen-bond donors (Lipinski definition) is 0. The van der Waals surface area contributed by atoms with Crippen molar-refractivity contribution < 1.29 is 4.74 Å². The summed E-state index contributed by atoms with van der Waals surface area (Å²) < 4.78 is 5.44. The maximum Gasteiger partial charge on any atom is 0.123 e. The fraction of sp³-hybridized carbons (Fsp3) is 0.571. The Hall–Kier alpha value is -0.500. The van der Waals surface area contributed by atoms with Gasteiger partial charge in [-0.05, 0) is 30.7 Å². The molecule has 2 rings (SSSR count). The van der Waals surface area contributed by atoms with E-state index in [0.717, 1.165) is 11.7 Å². The summed E-state index contributed by atoms with van der Waals surface area (Å²) in [5.41, 5.74) is 3.06. The Morgan fingerprint density at radius 1 is 1.44 bits per heavy atom. The van der Waals surface area contributed by atoms with Crippen molar-refractivity contribution >= 4 is 15.9 Å². The molecule has 2 atom stereocenters. The first kappa shape index (κ1) is 12.0. The molecule has 16 heavy (non-hydrogen) atoms. The van der Waals surface area contributed by atoms with Crippen LogP contribution >= 0.6 is 15.9 Å². The van der Waals surface area contributed by atoms with Crippen LogP contribution < -0.4 is 4.74 Å². The van der Waals surface area contributed by atoms with Gasteiger partial charge >= 0.3 is 0 Å². The zero-order valence-corrected chi connectivity index (χ0v) is 12.0. The molecule has 0 N–H and O–H groups in total. The molecule has 0 aromatic heterocycles. The second kappa shape index (κ2) is 4.06. The molecule has 88 valence electrons. The molecule has 0 heterocycles. The smallest absolute Gasteiger partial charge is 0.123 e. The van der Waals surface area contributed by atoms with Gasteiger partial charge in [0.2, 0.25) is 0 Å². The van der Waals surface area contributed by atoms with E-state index in [1.54, 1.807) is 7.11 Å². The van der Waals surface area contributed by atoms with E-state index >= 15 is 0 Å². The summed E-state index contributed by atoms with van der Waals surface area (Å²) in [6.45, 7) is 6.78. The number of rotatable bonds is 3. The number of benzene rings is 1. The Kier molecular flexibility index (Phi) is 3.04. The van der Waals surface area contributed by atoms with Crippen molar-refractivity contribution in [3.8, 4) is 5.75 Å². The molecule has 1 aliphatic carbocycles. The van der Waals surface area contributed by atoms with Crippen molar-refractivity contribution in [2.24, 2.45) is 11.3 Å². The minimum absolute atomic E-state index is 0.414. The van der Waals surface area contributed by atoms with Gasteiger partial charge in [0.25, 0.3) is 0 Å². The first-order valence-electron chi connectivity index (χ1n) is 5.74. The lowest BCUT2D eigenvalue weighted by molar-refractivity contribution is 0.406. The summed E-state index contributed by atoms with van der Waals surface area (Å²) in [4.78, 5) is 0.414. The van der Waals surface area contributed by atoms with E-state index in [9.17, 15) is 0 Å². The topological polar surface area (TPSA) is 9.23 Å². The van der Waals surface area contributed by atoms with Crippen LogP contribution in [0.15, 0.2) is 18.2 Å². The molecule has 1 aromatic carbocycles. The van der Waals surface area contributed by atoms with Crippen molar-refractivity contribution in [3.05, 3.63) is 29.3 Å². The van der Waals surface area contributed by atoms with Gasteiger partial charge in [-0.1, -0.05) is 47.5 Å². The van der Waals surface area contributed by atoms with Gasteiger partial charge in [0, 0.05) is 10.4 Å². The number of ether oxygens (including phenoxy) is 1. The third-order valence-corrected chi connectivity index (χ3v) is 4.76. The van der Waals surface area contributed by atoms with E-state index < -0.39 is 0 Å². The molecule has 1 aromatic rings. The average molecular weight is 283 g/mol. The lowest BCUT2D eigenvalue weighted by Gasteiger charge is -2.16. The number of alkyl halides is 1. The molecule has 0 bridgehead atoms. The Bertz CT molecular complexity index is 398. The first-order chi connectivity index (χ1) is 7.45. The molecular weight excluding hydrogens is 264 g/mol. The molecule has 1 nitrogen and oxygen atoms in total. The minimum atomic E-state index is 0.414. The van der Waals surface area contributed by atoms with Crippen molar-refractivity contribution in [1.29, 1.82) is 0 Å². The van der Waals surface area contributed by atoms with Crippen LogP contribution in [0.25, 0.3) is 0 Å². The van der Waals surface area contributed by atoms with Crippen LogP contribution in [0, 0.1) is 18.3 Å². The van der Waals surface area contributed by atoms with E-state index in [4.69, 9.17) is 4.74 Å². The summed E-state index contributed by atoms with van der Waals surface area (Å²) in [6.07, 6.45) is 1.29. The highest BCUT2D eigenvalue weighted by Gasteiger charge is 2.50. The number of hydrogen-bond acceptors (Lipinski definition) is 1. The zero-order chi connectivity index (χ0) is 11.9. The number of aryl methyl sites for hydroxylation is 1. The highest BCUT2D eigenvalue weighted by molar-refractivity contribution is 9.09. The predicted octanol–water partition coefficient (Wildman–Crippen LogP) is 4.49. The predicted molar refractivity (Wildman–Crippen MR) is 71.3 cm³/mol. The number of methoxy groups -OCH3 is 1. The van der Waals surface area contributed by atoms with E-state index in [2.05, 4.69) is 54.9 Å². The summed E-state index contributed by atoms with van der Waals surface area (Å²) >= 11 is 3.83. The normalized spacial score (nSPS) is 23.9.